The van der Waals surface area contributed by atoms with Crippen molar-refractivity contribution >= 4 is 40.7 Å². The maximum atomic E-state index is 5.54. The van der Waals surface area contributed by atoms with Crippen molar-refractivity contribution < 1.29 is 0 Å². The van der Waals surface area contributed by atoms with E-state index >= 15 is 0 Å². The molecule has 2 heterocycles. The van der Waals surface area contributed by atoms with Gasteiger partial charge in [-0.2, -0.15) is 0 Å². The lowest BCUT2D eigenvalue weighted by molar-refractivity contribution is 1.21. The third-order valence-electron chi connectivity index (χ3n) is 11.9. The van der Waals surface area contributed by atoms with Gasteiger partial charge in [-0.3, -0.25) is 0 Å². The first-order chi connectivity index (χ1) is 28.6. The highest BCUT2D eigenvalue weighted by Crippen LogP contribution is 2.37. The van der Waals surface area contributed by atoms with Gasteiger partial charge in [0.1, 0.15) is 8.80 Å². The van der Waals surface area contributed by atoms with Crippen LogP contribution in [0.5, 0.6) is 0 Å². The number of hydrogen-bond donors (Lipinski definition) is 0. The molecule has 1 unspecified atom stereocenters. The molecule has 0 saturated carbocycles. The van der Waals surface area contributed by atoms with Crippen LogP contribution in [0.2, 0.25) is 6.55 Å². The maximum Gasteiger partial charge on any atom is 0.161 e. The van der Waals surface area contributed by atoms with E-state index in [4.69, 9.17) is 9.97 Å². The zero-order chi connectivity index (χ0) is 38.6. The van der Waals surface area contributed by atoms with Crippen molar-refractivity contribution in [1.82, 2.24) is 9.97 Å². The minimum Gasteiger partial charge on any atom is -0.228 e. The largest absolute Gasteiger partial charge is 0.228 e. The summed E-state index contributed by atoms with van der Waals surface area (Å²) in [7, 11) is -1.65. The monoisotopic (exact) mass is 754 g/mol. The SMILES string of the molecule is C[SiH]1c2cc3ccccc3cc2-c2nc(-c3cccc4ccccc34)nc(-c3cccc(-c4cccc(-c5cc(-c6ccccc6)cc(-c6ccccc6)c5)c4)c3)c21. The number of nitrogens with zero attached hydrogens (tertiary/aromatic N) is 2. The van der Waals surface area contributed by atoms with Crippen LogP contribution in [-0.2, 0) is 0 Å². The van der Waals surface area contributed by atoms with Gasteiger partial charge in [0, 0.05) is 16.7 Å². The van der Waals surface area contributed by atoms with Gasteiger partial charge in [-0.25, -0.2) is 9.97 Å². The van der Waals surface area contributed by atoms with Gasteiger partial charge in [-0.1, -0.05) is 176 Å². The predicted octanol–water partition coefficient (Wildman–Crippen LogP) is 12.7. The van der Waals surface area contributed by atoms with E-state index in [1.807, 2.05) is 0 Å². The molecular weight excluding hydrogens is 717 g/mol. The maximum absolute atomic E-state index is 5.54. The first-order valence-electron chi connectivity index (χ1n) is 20.0. The molecule has 1 aromatic heterocycles. The van der Waals surface area contributed by atoms with Crippen molar-refractivity contribution in [2.24, 2.45) is 0 Å². The second-order valence-electron chi connectivity index (χ2n) is 15.4. The Morgan fingerprint density at radius 1 is 0.328 bits per heavy atom. The van der Waals surface area contributed by atoms with Gasteiger partial charge in [0.15, 0.2) is 5.82 Å². The van der Waals surface area contributed by atoms with Crippen LogP contribution in [0.25, 0.3) is 100.0 Å². The summed E-state index contributed by atoms with van der Waals surface area (Å²) < 4.78 is 0. The van der Waals surface area contributed by atoms with Gasteiger partial charge < -0.3 is 0 Å². The van der Waals surface area contributed by atoms with Crippen LogP contribution in [0.15, 0.2) is 206 Å². The van der Waals surface area contributed by atoms with E-state index in [9.17, 15) is 0 Å². The molecule has 1 aliphatic heterocycles. The number of aromatic nitrogens is 2. The van der Waals surface area contributed by atoms with Gasteiger partial charge in [-0.05, 0) is 113 Å². The fraction of sp³-hybridized carbons (Fsp3) is 0.0182. The van der Waals surface area contributed by atoms with E-state index in [0.717, 1.165) is 39.3 Å². The Balaban J connectivity index is 1.06. The van der Waals surface area contributed by atoms with Crippen LogP contribution in [-0.4, -0.2) is 18.8 Å². The summed E-state index contributed by atoms with van der Waals surface area (Å²) in [5.41, 5.74) is 15.1. The molecule has 58 heavy (non-hydrogen) atoms. The Morgan fingerprint density at radius 2 is 0.776 bits per heavy atom. The van der Waals surface area contributed by atoms with Gasteiger partial charge >= 0.3 is 0 Å². The van der Waals surface area contributed by atoms with E-state index in [1.54, 1.807) is 0 Å². The van der Waals surface area contributed by atoms with Crippen LogP contribution >= 0.6 is 0 Å². The first kappa shape index (κ1) is 34.1. The van der Waals surface area contributed by atoms with Crippen molar-refractivity contribution in [3.8, 4) is 78.4 Å². The molecule has 1 aliphatic rings. The summed E-state index contributed by atoms with van der Waals surface area (Å²) in [6.45, 7) is 2.45. The summed E-state index contributed by atoms with van der Waals surface area (Å²) >= 11 is 0. The number of rotatable bonds is 6. The lowest BCUT2D eigenvalue weighted by Gasteiger charge is -2.16. The van der Waals surface area contributed by atoms with Crippen molar-refractivity contribution in [2.75, 3.05) is 0 Å². The van der Waals surface area contributed by atoms with E-state index in [1.165, 1.54) is 71.0 Å². The molecule has 0 spiro atoms. The summed E-state index contributed by atoms with van der Waals surface area (Å²) in [6.07, 6.45) is 0. The Hall–Kier alpha value is -7.20. The summed E-state index contributed by atoms with van der Waals surface area (Å²) in [4.78, 5) is 11.0. The number of fused-ring (bicyclic) bond motifs is 5. The highest BCUT2D eigenvalue weighted by Gasteiger charge is 2.33. The zero-order valence-corrected chi connectivity index (χ0v) is 33.3. The summed E-state index contributed by atoms with van der Waals surface area (Å²) in [6, 6.07) is 74.8. The smallest absolute Gasteiger partial charge is 0.161 e. The average molecular weight is 755 g/mol. The Morgan fingerprint density at radius 3 is 1.45 bits per heavy atom. The highest BCUT2D eigenvalue weighted by molar-refractivity contribution is 6.89. The molecule has 272 valence electrons. The average Bonchev–Trinajstić information content (AvgIpc) is 3.57. The molecule has 0 aliphatic carbocycles. The number of hydrogen-bond acceptors (Lipinski definition) is 2. The quantitative estimate of drug-likeness (QED) is 0.158. The van der Waals surface area contributed by atoms with Crippen molar-refractivity contribution in [2.45, 2.75) is 6.55 Å². The minimum absolute atomic E-state index is 0.771. The minimum atomic E-state index is -1.65. The van der Waals surface area contributed by atoms with E-state index in [-0.39, 0.29) is 0 Å². The molecule has 0 N–H and O–H groups in total. The van der Waals surface area contributed by atoms with E-state index in [0.29, 0.717) is 0 Å². The van der Waals surface area contributed by atoms with Gasteiger partial charge in [0.2, 0.25) is 0 Å². The van der Waals surface area contributed by atoms with E-state index in [2.05, 4.69) is 213 Å². The summed E-state index contributed by atoms with van der Waals surface area (Å²) in [5.74, 6) is 0.771. The van der Waals surface area contributed by atoms with Crippen LogP contribution in [0, 0.1) is 0 Å². The zero-order valence-electron chi connectivity index (χ0n) is 32.1. The van der Waals surface area contributed by atoms with Crippen LogP contribution in [0.3, 0.4) is 0 Å². The normalized spacial score (nSPS) is 13.1. The molecule has 0 saturated heterocycles. The molecule has 11 rings (SSSR count). The second kappa shape index (κ2) is 14.1. The van der Waals surface area contributed by atoms with Gasteiger partial charge in [0.25, 0.3) is 0 Å². The third-order valence-corrected chi connectivity index (χ3v) is 14.7. The van der Waals surface area contributed by atoms with Crippen molar-refractivity contribution in [3.63, 3.8) is 0 Å². The Labute approximate surface area is 340 Å². The topological polar surface area (TPSA) is 25.8 Å². The lowest BCUT2D eigenvalue weighted by atomic mass is 9.92. The Bertz CT molecular complexity index is 3130. The van der Waals surface area contributed by atoms with Crippen molar-refractivity contribution in [3.05, 3.63) is 206 Å². The molecule has 2 nitrogen and oxygen atoms in total. The molecule has 3 heteroatoms. The highest BCUT2D eigenvalue weighted by atomic mass is 28.3. The number of benzene rings is 9. The fourth-order valence-corrected chi connectivity index (χ4v) is 11.6. The molecular formula is C55H38N2Si. The predicted molar refractivity (Wildman–Crippen MR) is 247 cm³/mol. The second-order valence-corrected chi connectivity index (χ2v) is 18.0. The summed E-state index contributed by atoms with van der Waals surface area (Å²) in [5, 5.41) is 7.64. The standard InChI is InChI=1S/C55H38N2Si/c1-58-51-35-43-21-9-8-20-42(43)34-50(51)53-54(58)52(56-55(57-53)49-28-14-22-38-19-10-11-27-48(38)49)44-26-13-24-40(30-44)39-23-12-25-41(29-39)47-32-45(36-15-4-2-5-16-36)31-46(33-47)37-17-6-3-7-18-37/h2-35,58H,1H3. The van der Waals surface area contributed by atoms with Crippen LogP contribution in [0.4, 0.5) is 0 Å². The van der Waals surface area contributed by atoms with Crippen LogP contribution in [0.1, 0.15) is 0 Å². The van der Waals surface area contributed by atoms with Gasteiger partial charge in [-0.15, -0.1) is 0 Å². The first-order valence-corrected chi connectivity index (χ1v) is 22.4. The molecule has 1 atom stereocenters. The van der Waals surface area contributed by atoms with Crippen LogP contribution < -0.4 is 10.4 Å². The lowest BCUT2D eigenvalue weighted by Crippen LogP contribution is -2.36. The van der Waals surface area contributed by atoms with Crippen molar-refractivity contribution in [1.29, 1.82) is 0 Å². The Kier molecular flexibility index (Phi) is 8.27. The molecule has 0 amide bonds. The molecule has 0 fully saturated rings. The molecule has 0 radical (unpaired) electrons. The molecule has 10 aromatic rings. The molecule has 0 bridgehead atoms. The van der Waals surface area contributed by atoms with Gasteiger partial charge in [0.05, 0.1) is 11.4 Å². The fourth-order valence-electron chi connectivity index (χ4n) is 8.94. The molecule has 9 aromatic carbocycles. The van der Waals surface area contributed by atoms with E-state index < -0.39 is 8.80 Å². The third kappa shape index (κ3) is 5.96.